The van der Waals surface area contributed by atoms with E-state index in [1.54, 1.807) is 0 Å². The van der Waals surface area contributed by atoms with Gasteiger partial charge in [0.05, 0.1) is 6.10 Å². The highest BCUT2D eigenvalue weighted by atomic mass is 16.5. The molecule has 1 aliphatic carbocycles. The first-order valence-corrected chi connectivity index (χ1v) is 13.4. The topological polar surface area (TPSA) is 50.8 Å². The first-order chi connectivity index (χ1) is 16.9. The van der Waals surface area contributed by atoms with E-state index in [1.807, 2.05) is 12.1 Å². The molecule has 3 aliphatic rings. The van der Waals surface area contributed by atoms with Gasteiger partial charge in [-0.2, -0.15) is 0 Å². The van der Waals surface area contributed by atoms with Crippen molar-refractivity contribution < 1.29 is 14.3 Å². The minimum atomic E-state index is 0.174. The molecule has 1 amide bonds. The molecule has 2 aromatic rings. The molecule has 2 aliphatic heterocycles. The Bertz CT molecular complexity index is 1050. The van der Waals surface area contributed by atoms with Crippen LogP contribution in [0.15, 0.2) is 36.4 Å². The highest BCUT2D eigenvalue weighted by Gasteiger charge is 2.32. The van der Waals surface area contributed by atoms with Gasteiger partial charge in [-0.05, 0) is 84.4 Å². The average Bonchev–Trinajstić information content (AvgIpc) is 3.36. The Hall–Kier alpha value is -2.37. The van der Waals surface area contributed by atoms with Crippen molar-refractivity contribution in [3.63, 3.8) is 0 Å². The lowest BCUT2D eigenvalue weighted by Crippen LogP contribution is -2.47. The van der Waals surface area contributed by atoms with Gasteiger partial charge in [0.25, 0.3) is 5.91 Å². The van der Waals surface area contributed by atoms with E-state index in [9.17, 15) is 4.79 Å². The number of amides is 1. The van der Waals surface area contributed by atoms with Crippen molar-refractivity contribution in [1.82, 2.24) is 10.2 Å². The van der Waals surface area contributed by atoms with Gasteiger partial charge < -0.3 is 19.7 Å². The third-order valence-electron chi connectivity index (χ3n) is 7.55. The SMILES string of the molecule is CC(C)(C)CNCc1ccc2c(c1)CC[C@H](N1CCc3cc(OC[C@@H]4CCCO4)ccc3C1=O)C2. The maximum Gasteiger partial charge on any atom is 0.254 e. The minimum Gasteiger partial charge on any atom is -0.491 e. The van der Waals surface area contributed by atoms with E-state index >= 15 is 0 Å². The summed E-state index contributed by atoms with van der Waals surface area (Å²) in [6.45, 7) is 10.9. The Morgan fingerprint density at radius 2 is 1.94 bits per heavy atom. The molecule has 1 saturated heterocycles. The van der Waals surface area contributed by atoms with Crippen LogP contribution in [-0.2, 0) is 30.5 Å². The van der Waals surface area contributed by atoms with Crippen LogP contribution in [0, 0.1) is 5.41 Å². The molecule has 0 saturated carbocycles. The molecular weight excluding hydrogens is 436 g/mol. The van der Waals surface area contributed by atoms with Gasteiger partial charge in [0.15, 0.2) is 0 Å². The molecule has 1 fully saturated rings. The number of carbonyl (C=O) groups excluding carboxylic acids is 1. The number of ether oxygens (including phenoxy) is 2. The number of rotatable bonds is 7. The van der Waals surface area contributed by atoms with Crippen molar-refractivity contribution in [3.8, 4) is 5.75 Å². The second kappa shape index (κ2) is 10.3. The van der Waals surface area contributed by atoms with Crippen LogP contribution in [0.25, 0.3) is 0 Å². The molecule has 0 spiro atoms. The first-order valence-electron chi connectivity index (χ1n) is 13.4. The summed E-state index contributed by atoms with van der Waals surface area (Å²) < 4.78 is 11.6. The van der Waals surface area contributed by atoms with E-state index in [0.29, 0.717) is 12.0 Å². The van der Waals surface area contributed by atoms with Crippen molar-refractivity contribution >= 4 is 5.91 Å². The molecule has 0 unspecified atom stereocenters. The molecule has 0 bridgehead atoms. The van der Waals surface area contributed by atoms with Crippen molar-refractivity contribution in [3.05, 3.63) is 64.2 Å². The van der Waals surface area contributed by atoms with E-state index in [0.717, 1.165) is 81.6 Å². The van der Waals surface area contributed by atoms with Gasteiger partial charge in [0.1, 0.15) is 12.4 Å². The zero-order valence-corrected chi connectivity index (χ0v) is 21.6. The van der Waals surface area contributed by atoms with Crippen LogP contribution < -0.4 is 10.1 Å². The lowest BCUT2D eigenvalue weighted by atomic mass is 9.85. The smallest absolute Gasteiger partial charge is 0.254 e. The molecule has 5 nitrogen and oxygen atoms in total. The number of benzene rings is 2. The predicted octanol–water partition coefficient (Wildman–Crippen LogP) is 4.94. The van der Waals surface area contributed by atoms with Crippen molar-refractivity contribution in [1.29, 1.82) is 0 Å². The number of carbonyl (C=O) groups is 1. The van der Waals surface area contributed by atoms with Crippen LogP contribution in [0.2, 0.25) is 0 Å². The Labute approximate surface area is 210 Å². The van der Waals surface area contributed by atoms with Crippen LogP contribution in [-0.4, -0.2) is 49.3 Å². The molecule has 0 aromatic heterocycles. The summed E-state index contributed by atoms with van der Waals surface area (Å²) in [5, 5.41) is 3.58. The van der Waals surface area contributed by atoms with Gasteiger partial charge >= 0.3 is 0 Å². The van der Waals surface area contributed by atoms with E-state index < -0.39 is 0 Å². The third-order valence-corrected chi connectivity index (χ3v) is 7.55. The van der Waals surface area contributed by atoms with Gasteiger partial charge in [-0.1, -0.05) is 39.0 Å². The number of nitrogens with one attached hydrogen (secondary N) is 1. The Kier molecular flexibility index (Phi) is 7.17. The Morgan fingerprint density at radius 3 is 2.74 bits per heavy atom. The Morgan fingerprint density at radius 1 is 1.06 bits per heavy atom. The molecule has 2 atom stereocenters. The molecule has 188 valence electrons. The first kappa shape index (κ1) is 24.3. The average molecular weight is 477 g/mol. The summed E-state index contributed by atoms with van der Waals surface area (Å²) in [7, 11) is 0. The molecule has 1 N–H and O–H groups in total. The summed E-state index contributed by atoms with van der Waals surface area (Å²) in [5.41, 5.74) is 6.45. The lowest BCUT2D eigenvalue weighted by molar-refractivity contribution is 0.0638. The molecule has 5 rings (SSSR count). The largest absolute Gasteiger partial charge is 0.491 e. The van der Waals surface area contributed by atoms with E-state index in [1.165, 1.54) is 16.7 Å². The van der Waals surface area contributed by atoms with Crippen LogP contribution in [0.4, 0.5) is 0 Å². The molecule has 35 heavy (non-hydrogen) atoms. The second-order valence-corrected chi connectivity index (χ2v) is 11.7. The standard InChI is InChI=1S/C30H40N2O3/c1-30(2,3)20-31-18-21-6-7-23-16-25(9-8-22(23)15-21)32-13-12-24-17-26(10-11-28(24)29(32)33)35-19-27-5-4-14-34-27/h6-7,10-11,15,17,25,27,31H,4-5,8-9,12-14,16,18-20H2,1-3H3/t25-,27-/m0/s1. The predicted molar refractivity (Wildman–Crippen MR) is 139 cm³/mol. The number of nitrogens with zero attached hydrogens (tertiary/aromatic N) is 1. The van der Waals surface area contributed by atoms with Crippen LogP contribution in [0.5, 0.6) is 5.75 Å². The number of fused-ring (bicyclic) bond motifs is 2. The molecule has 2 aromatic carbocycles. The quantitative estimate of drug-likeness (QED) is 0.615. The van der Waals surface area contributed by atoms with E-state index in [4.69, 9.17) is 9.47 Å². The second-order valence-electron chi connectivity index (χ2n) is 11.7. The highest BCUT2D eigenvalue weighted by molar-refractivity contribution is 5.97. The zero-order chi connectivity index (χ0) is 24.4. The number of aryl methyl sites for hydroxylation is 1. The highest BCUT2D eigenvalue weighted by Crippen LogP contribution is 2.31. The van der Waals surface area contributed by atoms with Gasteiger partial charge in [-0.15, -0.1) is 0 Å². The van der Waals surface area contributed by atoms with Crippen LogP contribution in [0.3, 0.4) is 0 Å². The van der Waals surface area contributed by atoms with Crippen molar-refractivity contribution in [2.24, 2.45) is 5.41 Å². The normalized spacial score (nSPS) is 22.1. The van der Waals surface area contributed by atoms with E-state index in [-0.39, 0.29) is 18.1 Å². The fraction of sp³-hybridized carbons (Fsp3) is 0.567. The van der Waals surface area contributed by atoms with Gasteiger partial charge in [0, 0.05) is 37.8 Å². The fourth-order valence-corrected chi connectivity index (χ4v) is 5.63. The van der Waals surface area contributed by atoms with E-state index in [2.05, 4.69) is 55.3 Å². The summed E-state index contributed by atoms with van der Waals surface area (Å²) in [6, 6.07) is 13.2. The monoisotopic (exact) mass is 476 g/mol. The lowest BCUT2D eigenvalue weighted by Gasteiger charge is -2.38. The van der Waals surface area contributed by atoms with Gasteiger partial charge in [-0.25, -0.2) is 0 Å². The van der Waals surface area contributed by atoms with Gasteiger partial charge in [-0.3, -0.25) is 4.79 Å². The summed E-state index contributed by atoms with van der Waals surface area (Å²) in [5.74, 6) is 1.02. The molecule has 0 radical (unpaired) electrons. The molecule has 5 heteroatoms. The number of hydrogen-bond donors (Lipinski definition) is 1. The van der Waals surface area contributed by atoms with Crippen molar-refractivity contribution in [2.45, 2.75) is 78.0 Å². The summed E-state index contributed by atoms with van der Waals surface area (Å²) in [4.78, 5) is 15.5. The third kappa shape index (κ3) is 5.90. The van der Waals surface area contributed by atoms with Gasteiger partial charge in [0.2, 0.25) is 0 Å². The number of hydrogen-bond acceptors (Lipinski definition) is 4. The summed E-state index contributed by atoms with van der Waals surface area (Å²) in [6.07, 6.45) is 6.31. The van der Waals surface area contributed by atoms with Crippen LogP contribution in [0.1, 0.15) is 72.6 Å². The molecule has 2 heterocycles. The zero-order valence-electron chi connectivity index (χ0n) is 21.6. The maximum atomic E-state index is 13.4. The summed E-state index contributed by atoms with van der Waals surface area (Å²) >= 11 is 0. The maximum absolute atomic E-state index is 13.4. The van der Waals surface area contributed by atoms with Crippen LogP contribution >= 0.6 is 0 Å². The Balaban J connectivity index is 1.19. The van der Waals surface area contributed by atoms with Crippen molar-refractivity contribution in [2.75, 3.05) is 26.3 Å². The fourth-order valence-electron chi connectivity index (χ4n) is 5.63. The molecular formula is C30H40N2O3. The minimum absolute atomic E-state index is 0.174.